The Hall–Kier alpha value is -4.26. The molecule has 3 aromatic rings. The highest BCUT2D eigenvalue weighted by Crippen LogP contribution is 2.37. The molecule has 7 nitrogen and oxygen atoms in total. The predicted molar refractivity (Wildman–Crippen MR) is 136 cm³/mol. The molecule has 0 radical (unpaired) electrons. The van der Waals surface area contributed by atoms with Crippen LogP contribution in [0, 0.1) is 0 Å². The number of hydrogen-bond donors (Lipinski definition) is 1. The molecule has 0 aliphatic carbocycles. The molecule has 0 saturated carbocycles. The smallest absolute Gasteiger partial charge is 0.338 e. The standard InChI is InChI=1S/C29H30N2O5/c1-4-35-28(32)26-20(2)31(18-21-11-7-5-8-12-21)29(33)30-27(26)23-15-16-24(25(17-23)34-3)36-19-22-13-9-6-10-14-22/h5-17,27H,4,18-19H2,1-3H3,(H,30,33). The van der Waals surface area contributed by atoms with E-state index < -0.39 is 12.0 Å². The van der Waals surface area contributed by atoms with Crippen molar-refractivity contribution >= 4 is 12.0 Å². The number of carbonyl (C=O) groups is 2. The minimum Gasteiger partial charge on any atom is -0.493 e. The van der Waals surface area contributed by atoms with Gasteiger partial charge in [-0.25, -0.2) is 9.59 Å². The van der Waals surface area contributed by atoms with E-state index in [1.165, 1.54) is 0 Å². The minimum absolute atomic E-state index is 0.227. The lowest BCUT2D eigenvalue weighted by molar-refractivity contribution is -0.139. The molecule has 1 heterocycles. The van der Waals surface area contributed by atoms with E-state index in [0.29, 0.717) is 41.5 Å². The van der Waals surface area contributed by atoms with E-state index in [9.17, 15) is 9.59 Å². The lowest BCUT2D eigenvalue weighted by Gasteiger charge is -2.35. The number of hydrogen-bond acceptors (Lipinski definition) is 5. The Morgan fingerprint density at radius 1 is 0.944 bits per heavy atom. The Morgan fingerprint density at radius 3 is 2.25 bits per heavy atom. The maximum Gasteiger partial charge on any atom is 0.338 e. The van der Waals surface area contributed by atoms with Gasteiger partial charge < -0.3 is 19.5 Å². The average molecular weight is 487 g/mol. The minimum atomic E-state index is -0.694. The van der Waals surface area contributed by atoms with Crippen molar-refractivity contribution < 1.29 is 23.8 Å². The zero-order chi connectivity index (χ0) is 25.5. The zero-order valence-corrected chi connectivity index (χ0v) is 20.7. The zero-order valence-electron chi connectivity index (χ0n) is 20.7. The van der Waals surface area contributed by atoms with Crippen LogP contribution in [0.3, 0.4) is 0 Å². The summed E-state index contributed by atoms with van der Waals surface area (Å²) < 4.78 is 16.9. The van der Waals surface area contributed by atoms with Gasteiger partial charge in [0, 0.05) is 5.70 Å². The molecule has 7 heteroatoms. The number of allylic oxidation sites excluding steroid dienone is 1. The molecule has 1 aliphatic heterocycles. The normalized spacial score (nSPS) is 15.4. The van der Waals surface area contributed by atoms with Crippen LogP contribution < -0.4 is 14.8 Å². The molecule has 186 valence electrons. The fourth-order valence-corrected chi connectivity index (χ4v) is 4.18. The molecular weight excluding hydrogens is 456 g/mol. The second-order valence-corrected chi connectivity index (χ2v) is 8.36. The Kier molecular flexibility index (Phi) is 7.90. The van der Waals surface area contributed by atoms with Crippen molar-refractivity contribution in [1.82, 2.24) is 10.2 Å². The summed E-state index contributed by atoms with van der Waals surface area (Å²) in [7, 11) is 1.56. The number of nitrogens with zero attached hydrogens (tertiary/aromatic N) is 1. The lowest BCUT2D eigenvalue weighted by atomic mass is 9.94. The highest BCUT2D eigenvalue weighted by Gasteiger charge is 2.36. The van der Waals surface area contributed by atoms with E-state index in [4.69, 9.17) is 14.2 Å². The van der Waals surface area contributed by atoms with Crippen LogP contribution in [0.4, 0.5) is 4.79 Å². The molecule has 3 aromatic carbocycles. The number of nitrogens with one attached hydrogen (secondary N) is 1. The maximum atomic E-state index is 13.2. The summed E-state index contributed by atoms with van der Waals surface area (Å²) in [5.41, 5.74) is 3.61. The Balaban J connectivity index is 1.65. The van der Waals surface area contributed by atoms with Crippen molar-refractivity contribution in [2.24, 2.45) is 0 Å². The van der Waals surface area contributed by atoms with Crippen molar-refractivity contribution in [2.45, 2.75) is 33.0 Å². The van der Waals surface area contributed by atoms with E-state index in [-0.39, 0.29) is 12.6 Å². The first-order chi connectivity index (χ1) is 17.5. The van der Waals surface area contributed by atoms with Crippen LogP contribution in [0.25, 0.3) is 0 Å². The quantitative estimate of drug-likeness (QED) is 0.411. The molecule has 2 amide bonds. The maximum absolute atomic E-state index is 13.2. The molecule has 1 atom stereocenters. The predicted octanol–water partition coefficient (Wildman–Crippen LogP) is 5.38. The fraction of sp³-hybridized carbons (Fsp3) is 0.241. The van der Waals surface area contributed by atoms with Crippen molar-refractivity contribution in [1.29, 1.82) is 0 Å². The number of benzene rings is 3. The summed E-state index contributed by atoms with van der Waals surface area (Å²) >= 11 is 0. The van der Waals surface area contributed by atoms with Gasteiger partial charge in [-0.2, -0.15) is 0 Å². The molecule has 0 bridgehead atoms. The first kappa shape index (κ1) is 24.9. The summed E-state index contributed by atoms with van der Waals surface area (Å²) in [5.74, 6) is 0.600. The first-order valence-electron chi connectivity index (χ1n) is 11.9. The molecular formula is C29H30N2O5. The second-order valence-electron chi connectivity index (χ2n) is 8.36. The molecule has 1 unspecified atom stereocenters. The number of ether oxygens (including phenoxy) is 3. The SMILES string of the molecule is CCOC(=O)C1=C(C)N(Cc2ccccc2)C(=O)NC1c1ccc(OCc2ccccc2)c(OC)c1. The van der Waals surface area contributed by atoms with Crippen molar-refractivity contribution in [3.05, 3.63) is 107 Å². The van der Waals surface area contributed by atoms with Crippen LogP contribution in [0.5, 0.6) is 11.5 Å². The van der Waals surface area contributed by atoms with Gasteiger partial charge in [0.1, 0.15) is 6.61 Å². The van der Waals surface area contributed by atoms with E-state index in [1.807, 2.05) is 66.7 Å². The van der Waals surface area contributed by atoms with Crippen LogP contribution in [0.1, 0.15) is 36.6 Å². The van der Waals surface area contributed by atoms with Gasteiger partial charge >= 0.3 is 12.0 Å². The molecule has 0 saturated heterocycles. The average Bonchev–Trinajstić information content (AvgIpc) is 2.90. The van der Waals surface area contributed by atoms with Crippen molar-refractivity contribution in [2.75, 3.05) is 13.7 Å². The van der Waals surface area contributed by atoms with Crippen molar-refractivity contribution in [3.8, 4) is 11.5 Å². The fourth-order valence-electron chi connectivity index (χ4n) is 4.18. The number of urea groups is 1. The molecule has 4 rings (SSSR count). The first-order valence-corrected chi connectivity index (χ1v) is 11.9. The summed E-state index contributed by atoms with van der Waals surface area (Å²) in [6.07, 6.45) is 0. The number of carbonyl (C=O) groups excluding carboxylic acids is 2. The van der Waals surface area contributed by atoms with E-state index in [2.05, 4.69) is 5.32 Å². The summed E-state index contributed by atoms with van der Waals surface area (Å²) in [5, 5.41) is 2.98. The topological polar surface area (TPSA) is 77.1 Å². The van der Waals surface area contributed by atoms with Gasteiger partial charge in [-0.15, -0.1) is 0 Å². The van der Waals surface area contributed by atoms with E-state index >= 15 is 0 Å². The Labute approximate surface area is 211 Å². The number of rotatable bonds is 9. The highest BCUT2D eigenvalue weighted by molar-refractivity contribution is 5.95. The molecule has 1 aliphatic rings. The summed E-state index contributed by atoms with van der Waals surface area (Å²) in [6, 6.07) is 23.9. The molecule has 0 aromatic heterocycles. The second kappa shape index (κ2) is 11.4. The number of methoxy groups -OCH3 is 1. The van der Waals surface area contributed by atoms with E-state index in [0.717, 1.165) is 11.1 Å². The van der Waals surface area contributed by atoms with Crippen LogP contribution in [-0.4, -0.2) is 30.6 Å². The molecule has 0 spiro atoms. The number of amides is 2. The van der Waals surface area contributed by atoms with Gasteiger partial charge in [-0.05, 0) is 42.7 Å². The largest absolute Gasteiger partial charge is 0.493 e. The monoisotopic (exact) mass is 486 g/mol. The van der Waals surface area contributed by atoms with Gasteiger partial charge in [-0.1, -0.05) is 66.7 Å². The highest BCUT2D eigenvalue weighted by atomic mass is 16.5. The molecule has 36 heavy (non-hydrogen) atoms. The summed E-state index contributed by atoms with van der Waals surface area (Å²) in [4.78, 5) is 27.8. The van der Waals surface area contributed by atoms with Crippen molar-refractivity contribution in [3.63, 3.8) is 0 Å². The van der Waals surface area contributed by atoms with Crippen LogP contribution in [0.15, 0.2) is 90.1 Å². The van der Waals surface area contributed by atoms with Gasteiger partial charge in [0.25, 0.3) is 0 Å². The van der Waals surface area contributed by atoms with Gasteiger partial charge in [0.05, 0.1) is 31.9 Å². The third kappa shape index (κ3) is 5.51. The third-order valence-corrected chi connectivity index (χ3v) is 6.03. The van der Waals surface area contributed by atoms with Gasteiger partial charge in [-0.3, -0.25) is 4.90 Å². The lowest BCUT2D eigenvalue weighted by Crippen LogP contribution is -2.47. The Morgan fingerprint density at radius 2 is 1.61 bits per heavy atom. The molecule has 1 N–H and O–H groups in total. The molecule has 0 fully saturated rings. The van der Waals surface area contributed by atoms with Gasteiger partial charge in [0.15, 0.2) is 11.5 Å². The third-order valence-electron chi connectivity index (χ3n) is 6.03. The number of esters is 1. The van der Waals surface area contributed by atoms with Gasteiger partial charge in [0.2, 0.25) is 0 Å². The summed E-state index contributed by atoms with van der Waals surface area (Å²) in [6.45, 7) is 4.48. The van der Waals surface area contributed by atoms with Crippen LogP contribution >= 0.6 is 0 Å². The van der Waals surface area contributed by atoms with Crippen LogP contribution in [-0.2, 0) is 22.7 Å². The Bertz CT molecular complexity index is 1240. The van der Waals surface area contributed by atoms with E-state index in [1.54, 1.807) is 38.0 Å². The van der Waals surface area contributed by atoms with Crippen LogP contribution in [0.2, 0.25) is 0 Å².